The van der Waals surface area contributed by atoms with Crippen molar-refractivity contribution in [2.45, 2.75) is 45.8 Å². The molecule has 1 fully saturated rings. The molecule has 1 amide bonds. The Labute approximate surface area is 134 Å². The fraction of sp³-hybridized carbons (Fsp3) is 0.643. The molecule has 0 bridgehead atoms. The molecule has 124 valence electrons. The van der Waals surface area contributed by atoms with Crippen LogP contribution in [0.3, 0.4) is 0 Å². The lowest BCUT2D eigenvalue weighted by atomic mass is 10.2. The average molecular weight is 334 g/mol. The number of halogens is 1. The summed E-state index contributed by atoms with van der Waals surface area (Å²) in [6.45, 7) is 6.40. The number of hydrogen-bond acceptors (Lipinski definition) is 6. The monoisotopic (exact) mass is 333 g/mol. The van der Waals surface area contributed by atoms with Gasteiger partial charge in [0.2, 0.25) is 0 Å². The van der Waals surface area contributed by atoms with Gasteiger partial charge in [-0.3, -0.25) is 9.69 Å². The zero-order chi connectivity index (χ0) is 17.1. The molecule has 0 spiro atoms. The Balaban J connectivity index is 3.00. The molecule has 1 saturated heterocycles. The third-order valence-electron chi connectivity index (χ3n) is 2.79. The quantitative estimate of drug-likeness (QED) is 0.437. The summed E-state index contributed by atoms with van der Waals surface area (Å²) >= 11 is 5.90. The fourth-order valence-electron chi connectivity index (χ4n) is 1.92. The number of carbonyl (C=O) groups excluding carboxylic acids is 3. The number of likely N-dealkylation sites (tertiary alicyclic amines) is 1. The predicted molar refractivity (Wildman–Crippen MR) is 78.0 cm³/mol. The van der Waals surface area contributed by atoms with Crippen molar-refractivity contribution in [3.63, 3.8) is 0 Å². The van der Waals surface area contributed by atoms with E-state index in [4.69, 9.17) is 25.8 Å². The van der Waals surface area contributed by atoms with Crippen molar-refractivity contribution >= 4 is 29.6 Å². The van der Waals surface area contributed by atoms with Crippen molar-refractivity contribution in [1.82, 2.24) is 4.90 Å². The second-order valence-corrected chi connectivity index (χ2v) is 6.17. The first kappa shape index (κ1) is 18.3. The molecule has 22 heavy (non-hydrogen) atoms. The van der Waals surface area contributed by atoms with Crippen LogP contribution in [0.5, 0.6) is 0 Å². The van der Waals surface area contributed by atoms with Gasteiger partial charge >= 0.3 is 18.0 Å². The summed E-state index contributed by atoms with van der Waals surface area (Å²) < 4.78 is 14.8. The second kappa shape index (κ2) is 7.00. The second-order valence-electron chi connectivity index (χ2n) is 5.82. The van der Waals surface area contributed by atoms with Crippen LogP contribution in [0.15, 0.2) is 10.8 Å². The van der Waals surface area contributed by atoms with E-state index in [0.717, 1.165) is 0 Å². The first-order valence-electron chi connectivity index (χ1n) is 6.68. The van der Waals surface area contributed by atoms with E-state index in [9.17, 15) is 14.4 Å². The third-order valence-corrected chi connectivity index (χ3v) is 3.13. The lowest BCUT2D eigenvalue weighted by Gasteiger charge is -2.27. The minimum Gasteiger partial charge on any atom is -0.467 e. The van der Waals surface area contributed by atoms with E-state index >= 15 is 0 Å². The highest BCUT2D eigenvalue weighted by atomic mass is 35.5. The van der Waals surface area contributed by atoms with Crippen molar-refractivity contribution in [3.8, 4) is 0 Å². The molecule has 0 saturated carbocycles. The van der Waals surface area contributed by atoms with Crippen LogP contribution in [-0.2, 0) is 23.8 Å². The van der Waals surface area contributed by atoms with Gasteiger partial charge in [-0.25, -0.2) is 9.59 Å². The maximum atomic E-state index is 12.2. The van der Waals surface area contributed by atoms with Crippen LogP contribution >= 0.6 is 11.6 Å². The van der Waals surface area contributed by atoms with Gasteiger partial charge in [-0.2, -0.15) is 0 Å². The molecule has 1 rings (SSSR count). The predicted octanol–water partition coefficient (Wildman–Crippen LogP) is 2.18. The van der Waals surface area contributed by atoms with Crippen molar-refractivity contribution in [1.29, 1.82) is 0 Å². The minimum absolute atomic E-state index is 0.0286. The van der Waals surface area contributed by atoms with Crippen LogP contribution < -0.4 is 0 Å². The zero-order valence-electron chi connectivity index (χ0n) is 13.3. The molecule has 0 unspecified atom stereocenters. The average Bonchev–Trinajstić information content (AvgIpc) is 2.80. The molecular formula is C14H20ClNO6. The van der Waals surface area contributed by atoms with E-state index in [1.54, 1.807) is 20.8 Å². The van der Waals surface area contributed by atoms with Crippen molar-refractivity contribution in [2.75, 3.05) is 13.7 Å². The van der Waals surface area contributed by atoms with Gasteiger partial charge < -0.3 is 14.2 Å². The Hall–Kier alpha value is -1.76. The number of methoxy groups -OCH3 is 1. The summed E-state index contributed by atoms with van der Waals surface area (Å²) in [6.07, 6.45) is -0.539. The molecule has 0 aromatic rings. The van der Waals surface area contributed by atoms with Crippen molar-refractivity contribution < 1.29 is 28.6 Å². The molecule has 0 N–H and O–H groups in total. The Morgan fingerprint density at radius 3 is 2.32 bits per heavy atom. The van der Waals surface area contributed by atoms with E-state index in [-0.39, 0.29) is 18.2 Å². The largest absolute Gasteiger partial charge is 0.467 e. The van der Waals surface area contributed by atoms with Crippen LogP contribution in [0.25, 0.3) is 0 Å². The van der Waals surface area contributed by atoms with Crippen LogP contribution in [-0.4, -0.2) is 48.2 Å². The first-order chi connectivity index (χ1) is 10.0. The lowest BCUT2D eigenvalue weighted by Crippen LogP contribution is -2.43. The van der Waals surface area contributed by atoms with Gasteiger partial charge in [0.1, 0.15) is 11.6 Å². The minimum atomic E-state index is -0.862. The van der Waals surface area contributed by atoms with Crippen molar-refractivity contribution in [3.05, 3.63) is 10.8 Å². The van der Waals surface area contributed by atoms with Gasteiger partial charge in [0.25, 0.3) is 0 Å². The normalized spacial score (nSPS) is 20.5. The van der Waals surface area contributed by atoms with Gasteiger partial charge in [0.05, 0.1) is 13.7 Å². The number of ether oxygens (including phenoxy) is 3. The molecule has 0 radical (unpaired) electrons. The molecule has 1 atom stereocenters. The summed E-state index contributed by atoms with van der Waals surface area (Å²) in [4.78, 5) is 36.2. The van der Waals surface area contributed by atoms with Gasteiger partial charge in [-0.1, -0.05) is 0 Å². The molecule has 8 heteroatoms. The van der Waals surface area contributed by atoms with Crippen LogP contribution in [0, 0.1) is 0 Å². The maximum Gasteiger partial charge on any atom is 0.411 e. The Morgan fingerprint density at radius 2 is 1.86 bits per heavy atom. The van der Waals surface area contributed by atoms with Gasteiger partial charge in [-0.15, -0.1) is 0 Å². The maximum absolute atomic E-state index is 12.2. The van der Waals surface area contributed by atoms with E-state index < -0.39 is 29.7 Å². The fourth-order valence-corrected chi connectivity index (χ4v) is 2.17. The van der Waals surface area contributed by atoms with Crippen LogP contribution in [0.4, 0.5) is 4.79 Å². The summed E-state index contributed by atoms with van der Waals surface area (Å²) in [7, 11) is 1.23. The Morgan fingerprint density at radius 1 is 1.27 bits per heavy atom. The van der Waals surface area contributed by atoms with Gasteiger partial charge in [0.15, 0.2) is 5.22 Å². The summed E-state index contributed by atoms with van der Waals surface area (Å²) in [5.41, 5.74) is -0.248. The van der Waals surface area contributed by atoms with Gasteiger partial charge in [0, 0.05) is 18.9 Å². The Bertz CT molecular complexity index is 508. The molecule has 0 aromatic heterocycles. The molecule has 0 aromatic carbocycles. The molecular weight excluding hydrogens is 314 g/mol. The number of amides is 1. The molecule has 1 heterocycles. The van der Waals surface area contributed by atoms with E-state index in [0.29, 0.717) is 5.57 Å². The number of rotatable bonds is 2. The third kappa shape index (κ3) is 4.91. The summed E-state index contributed by atoms with van der Waals surface area (Å²) in [5.74, 6) is -1.17. The SMILES string of the molecule is COC(=O)[C@@H]1C/C(=C(/Cl)OC(C)=O)CN1C(=O)OC(C)(C)C. The first-order valence-corrected chi connectivity index (χ1v) is 7.06. The van der Waals surface area contributed by atoms with Crippen LogP contribution in [0.1, 0.15) is 34.1 Å². The number of nitrogens with zero attached hydrogens (tertiary/aromatic N) is 1. The van der Waals surface area contributed by atoms with Crippen LogP contribution in [0.2, 0.25) is 0 Å². The van der Waals surface area contributed by atoms with Crippen molar-refractivity contribution in [2.24, 2.45) is 0 Å². The lowest BCUT2D eigenvalue weighted by molar-refractivity contribution is -0.145. The van der Waals surface area contributed by atoms with E-state index in [1.807, 2.05) is 0 Å². The zero-order valence-corrected chi connectivity index (χ0v) is 14.0. The Kier molecular flexibility index (Phi) is 5.82. The highest BCUT2D eigenvalue weighted by molar-refractivity contribution is 6.29. The smallest absolute Gasteiger partial charge is 0.411 e. The van der Waals surface area contributed by atoms with Gasteiger partial charge in [-0.05, 0) is 32.4 Å². The summed E-state index contributed by atoms with van der Waals surface area (Å²) in [6, 6.07) is -0.862. The molecule has 1 aliphatic heterocycles. The number of hydrogen-bond donors (Lipinski definition) is 0. The van der Waals surface area contributed by atoms with E-state index in [2.05, 4.69) is 0 Å². The highest BCUT2D eigenvalue weighted by Gasteiger charge is 2.41. The molecule has 1 aliphatic rings. The number of carbonyl (C=O) groups is 3. The highest BCUT2D eigenvalue weighted by Crippen LogP contribution is 2.29. The summed E-state index contributed by atoms with van der Waals surface area (Å²) in [5, 5.41) is -0.132. The molecule has 0 aliphatic carbocycles. The van der Waals surface area contributed by atoms with E-state index in [1.165, 1.54) is 18.9 Å². The molecule has 7 nitrogen and oxygen atoms in total. The standard InChI is InChI=1S/C14H20ClNO6/c1-8(17)21-11(15)9-6-10(12(18)20-5)16(7-9)13(19)22-14(2,3)4/h10H,6-7H2,1-5H3/b11-9+/t10-/m0/s1. The topological polar surface area (TPSA) is 82.1 Å². The number of esters is 2.